The molecule has 3 N–H and O–H groups in total. The Hall–Kier alpha value is 0.310. The average molecular weight is 118 g/mol. The van der Waals surface area contributed by atoms with E-state index in [4.69, 9.17) is 0 Å². The van der Waals surface area contributed by atoms with Crippen LogP contribution in [0, 0.1) is 0 Å². The van der Waals surface area contributed by atoms with Gasteiger partial charge >= 0.3 is 0 Å². The van der Waals surface area contributed by atoms with E-state index < -0.39 is 0 Å². The van der Waals surface area contributed by atoms with E-state index in [-0.39, 0.29) is 0 Å². The molecule has 0 saturated carbocycles. The molecule has 1 rings (SSSR count). The van der Waals surface area contributed by atoms with Gasteiger partial charge in [-0.05, 0) is 11.5 Å². The Bertz CT molecular complexity index is 50.0. The van der Waals surface area contributed by atoms with E-state index in [9.17, 15) is 0 Å². The molecule has 0 spiro atoms. The minimum atomic E-state index is 0.765. The van der Waals surface area contributed by atoms with Gasteiger partial charge in [0.15, 0.2) is 0 Å². The summed E-state index contributed by atoms with van der Waals surface area (Å²) in [7, 11) is 0. The predicted octanol–water partition coefficient (Wildman–Crippen LogP) is 0.124. The van der Waals surface area contributed by atoms with Gasteiger partial charge in [0.1, 0.15) is 0 Å². The highest BCUT2D eigenvalue weighted by Crippen LogP contribution is 2.13. The maximum atomic E-state index is 3.98. The first-order chi connectivity index (χ1) is 3.39. The Morgan fingerprint density at radius 3 is 2.14 bits per heavy atom. The van der Waals surface area contributed by atoms with Crippen LogP contribution in [0.25, 0.3) is 0 Å². The first kappa shape index (κ1) is 5.45. The second-order valence-corrected chi connectivity index (χ2v) is 3.28. The molecule has 0 atom stereocenters. The number of hydrogen-bond acceptors (Lipinski definition) is 1. The van der Waals surface area contributed by atoms with E-state index >= 15 is 0 Å². The molecule has 42 valence electrons. The second-order valence-electron chi connectivity index (χ2n) is 2.06. The van der Waals surface area contributed by atoms with Crippen molar-refractivity contribution in [2.75, 3.05) is 11.5 Å². The van der Waals surface area contributed by atoms with Gasteiger partial charge < -0.3 is 5.73 Å². The SMILES string of the molecule is [NH3+]C1CCSCC1. The topological polar surface area (TPSA) is 27.6 Å². The van der Waals surface area contributed by atoms with Gasteiger partial charge in [0.25, 0.3) is 0 Å². The van der Waals surface area contributed by atoms with Gasteiger partial charge in [-0.2, -0.15) is 11.8 Å². The van der Waals surface area contributed by atoms with Crippen LogP contribution < -0.4 is 5.73 Å². The van der Waals surface area contributed by atoms with Crippen molar-refractivity contribution in [3.8, 4) is 0 Å². The second kappa shape index (κ2) is 2.58. The number of rotatable bonds is 0. The van der Waals surface area contributed by atoms with Crippen LogP contribution in [0.1, 0.15) is 12.8 Å². The third-order valence-electron chi connectivity index (χ3n) is 1.34. The summed E-state index contributed by atoms with van der Waals surface area (Å²) in [4.78, 5) is 0. The van der Waals surface area contributed by atoms with Crippen LogP contribution >= 0.6 is 11.8 Å². The van der Waals surface area contributed by atoms with Crippen LogP contribution in [-0.4, -0.2) is 17.5 Å². The van der Waals surface area contributed by atoms with Gasteiger partial charge in [0.05, 0.1) is 6.04 Å². The summed E-state index contributed by atoms with van der Waals surface area (Å²) >= 11 is 2.06. The van der Waals surface area contributed by atoms with E-state index in [1.807, 2.05) is 0 Å². The van der Waals surface area contributed by atoms with E-state index in [0.29, 0.717) is 0 Å². The molecule has 0 bridgehead atoms. The van der Waals surface area contributed by atoms with Crippen LogP contribution in [-0.2, 0) is 0 Å². The molecule has 0 radical (unpaired) electrons. The minimum absolute atomic E-state index is 0.765. The summed E-state index contributed by atoms with van der Waals surface area (Å²) in [5.74, 6) is 2.68. The monoisotopic (exact) mass is 118 g/mol. The maximum Gasteiger partial charge on any atom is 0.0859 e. The Kier molecular flexibility index (Phi) is 2.00. The van der Waals surface area contributed by atoms with Gasteiger partial charge in [-0.1, -0.05) is 0 Å². The largest absolute Gasteiger partial charge is 0.355 e. The lowest BCUT2D eigenvalue weighted by atomic mass is 10.2. The van der Waals surface area contributed by atoms with Crippen LogP contribution in [0.3, 0.4) is 0 Å². The quantitative estimate of drug-likeness (QED) is 0.481. The number of hydrogen-bond donors (Lipinski definition) is 1. The summed E-state index contributed by atoms with van der Waals surface area (Å²) in [6, 6.07) is 0.765. The number of quaternary nitrogens is 1. The molecule has 1 heterocycles. The molecule has 0 aromatic carbocycles. The summed E-state index contributed by atoms with van der Waals surface area (Å²) in [5, 5.41) is 0. The van der Waals surface area contributed by atoms with Crippen molar-refractivity contribution in [3.05, 3.63) is 0 Å². The Balaban J connectivity index is 2.12. The lowest BCUT2D eigenvalue weighted by Gasteiger charge is -2.12. The zero-order valence-corrected chi connectivity index (χ0v) is 5.34. The van der Waals surface area contributed by atoms with Gasteiger partial charge in [0.2, 0.25) is 0 Å². The smallest absolute Gasteiger partial charge is 0.0859 e. The van der Waals surface area contributed by atoms with Gasteiger partial charge in [0, 0.05) is 12.8 Å². The molecule has 7 heavy (non-hydrogen) atoms. The van der Waals surface area contributed by atoms with E-state index in [1.165, 1.54) is 24.3 Å². The van der Waals surface area contributed by atoms with Crippen molar-refractivity contribution in [2.24, 2.45) is 0 Å². The van der Waals surface area contributed by atoms with Crippen molar-refractivity contribution in [1.29, 1.82) is 0 Å². The first-order valence-corrected chi connectivity index (χ1v) is 3.96. The normalized spacial score (nSPS) is 25.3. The molecule has 0 unspecified atom stereocenters. The third kappa shape index (κ3) is 1.70. The molecule has 1 aliphatic rings. The summed E-state index contributed by atoms with van der Waals surface area (Å²) in [5.41, 5.74) is 3.98. The van der Waals surface area contributed by atoms with E-state index in [1.54, 1.807) is 0 Å². The lowest BCUT2D eigenvalue weighted by molar-refractivity contribution is -0.420. The highest BCUT2D eigenvalue weighted by molar-refractivity contribution is 7.99. The predicted molar refractivity (Wildman–Crippen MR) is 33.2 cm³/mol. The molecule has 1 nitrogen and oxygen atoms in total. The summed E-state index contributed by atoms with van der Waals surface area (Å²) in [6.07, 6.45) is 2.68. The van der Waals surface area contributed by atoms with E-state index in [2.05, 4.69) is 17.5 Å². The van der Waals surface area contributed by atoms with Crippen molar-refractivity contribution in [1.82, 2.24) is 0 Å². The highest BCUT2D eigenvalue weighted by Gasteiger charge is 2.09. The molecule has 1 fully saturated rings. The van der Waals surface area contributed by atoms with Crippen molar-refractivity contribution in [2.45, 2.75) is 18.9 Å². The zero-order chi connectivity index (χ0) is 5.11. The molecule has 0 aliphatic carbocycles. The Morgan fingerprint density at radius 1 is 1.29 bits per heavy atom. The van der Waals surface area contributed by atoms with Gasteiger partial charge in [-0.25, -0.2) is 0 Å². The highest BCUT2D eigenvalue weighted by atomic mass is 32.2. The van der Waals surface area contributed by atoms with Crippen LogP contribution in [0.5, 0.6) is 0 Å². The molecular formula is C5H12NS+. The molecule has 0 aromatic heterocycles. The zero-order valence-electron chi connectivity index (χ0n) is 4.52. The Morgan fingerprint density at radius 2 is 1.86 bits per heavy atom. The first-order valence-electron chi connectivity index (χ1n) is 2.80. The average Bonchev–Trinajstić information content (AvgIpc) is 1.69. The number of thioether (sulfide) groups is 1. The van der Waals surface area contributed by atoms with Gasteiger partial charge in [-0.15, -0.1) is 0 Å². The summed E-state index contributed by atoms with van der Waals surface area (Å²) in [6.45, 7) is 0. The maximum absolute atomic E-state index is 3.98. The fraction of sp³-hybridized carbons (Fsp3) is 1.00. The molecule has 0 amide bonds. The van der Waals surface area contributed by atoms with E-state index in [0.717, 1.165) is 6.04 Å². The molecule has 2 heteroatoms. The fourth-order valence-corrected chi connectivity index (χ4v) is 1.95. The van der Waals surface area contributed by atoms with Crippen LogP contribution in [0.2, 0.25) is 0 Å². The summed E-state index contributed by atoms with van der Waals surface area (Å²) < 4.78 is 0. The van der Waals surface area contributed by atoms with Gasteiger partial charge in [-0.3, -0.25) is 0 Å². The molecule has 1 aliphatic heterocycles. The van der Waals surface area contributed by atoms with Crippen molar-refractivity contribution in [3.63, 3.8) is 0 Å². The minimum Gasteiger partial charge on any atom is -0.355 e. The molecular weight excluding hydrogens is 106 g/mol. The third-order valence-corrected chi connectivity index (χ3v) is 2.39. The Labute approximate surface area is 48.7 Å². The van der Waals surface area contributed by atoms with Crippen LogP contribution in [0.4, 0.5) is 0 Å². The fourth-order valence-electron chi connectivity index (χ4n) is 0.746. The van der Waals surface area contributed by atoms with Crippen molar-refractivity contribution < 1.29 is 5.73 Å². The molecule has 1 saturated heterocycles. The standard InChI is InChI=1S/C5H11NS/c6-5-1-3-7-4-2-5/h5H,1-4,6H2/p+1. The van der Waals surface area contributed by atoms with Crippen LogP contribution in [0.15, 0.2) is 0 Å². The lowest BCUT2D eigenvalue weighted by Crippen LogP contribution is -2.61. The van der Waals surface area contributed by atoms with Crippen molar-refractivity contribution >= 4 is 11.8 Å². The molecule has 0 aromatic rings.